The van der Waals surface area contributed by atoms with Crippen LogP contribution in [0.15, 0.2) is 35.7 Å². The Morgan fingerprint density at radius 2 is 2.20 bits per heavy atom. The van der Waals surface area contributed by atoms with Crippen molar-refractivity contribution in [2.24, 2.45) is 0 Å². The second-order valence-electron chi connectivity index (χ2n) is 5.76. The van der Waals surface area contributed by atoms with Crippen molar-refractivity contribution in [1.29, 1.82) is 5.41 Å². The maximum absolute atomic E-state index is 12.8. The second-order valence-corrected chi connectivity index (χ2v) is 6.20. The summed E-state index contributed by atoms with van der Waals surface area (Å²) in [4.78, 5) is 14.8. The zero-order chi connectivity index (χ0) is 18.1. The fourth-order valence-electron chi connectivity index (χ4n) is 2.53. The highest BCUT2D eigenvalue weighted by Crippen LogP contribution is 2.18. The molecule has 0 saturated carbocycles. The smallest absolute Gasteiger partial charge is 0.293 e. The van der Waals surface area contributed by atoms with Gasteiger partial charge < -0.3 is 25.7 Å². The van der Waals surface area contributed by atoms with Crippen molar-refractivity contribution in [1.82, 2.24) is 10.2 Å². The molecule has 136 valence electrons. The molecule has 1 amide bonds. The van der Waals surface area contributed by atoms with Gasteiger partial charge in [-0.2, -0.15) is 0 Å². The van der Waals surface area contributed by atoms with Gasteiger partial charge in [0, 0.05) is 43.1 Å². The molecular formula is C18H25ClN4O2. The SMILES string of the molecule is CCCCOC(C(=O)Nc1cccc(Cl)c1)=C(C=N)N1CCNCC1. The number of carbonyl (C=O) groups is 1. The van der Waals surface area contributed by atoms with Crippen LogP contribution < -0.4 is 10.6 Å². The second kappa shape index (κ2) is 10.1. The topological polar surface area (TPSA) is 77.5 Å². The number of ether oxygens (including phenoxy) is 1. The lowest BCUT2D eigenvalue weighted by Crippen LogP contribution is -2.44. The zero-order valence-electron chi connectivity index (χ0n) is 14.5. The molecule has 6 nitrogen and oxygen atoms in total. The molecule has 0 unspecified atom stereocenters. The average Bonchev–Trinajstić information content (AvgIpc) is 2.62. The van der Waals surface area contributed by atoms with E-state index in [-0.39, 0.29) is 11.7 Å². The number of benzene rings is 1. The van der Waals surface area contributed by atoms with Crippen molar-refractivity contribution >= 4 is 29.4 Å². The van der Waals surface area contributed by atoms with Gasteiger partial charge in [-0.25, -0.2) is 0 Å². The van der Waals surface area contributed by atoms with Crippen LogP contribution in [0.1, 0.15) is 19.8 Å². The molecule has 0 spiro atoms. The van der Waals surface area contributed by atoms with Crippen LogP contribution in [0.4, 0.5) is 5.69 Å². The Hall–Kier alpha value is -2.05. The fraction of sp³-hybridized carbons (Fsp3) is 0.444. The van der Waals surface area contributed by atoms with Crippen LogP contribution >= 0.6 is 11.6 Å². The van der Waals surface area contributed by atoms with Gasteiger partial charge in [0.15, 0.2) is 0 Å². The van der Waals surface area contributed by atoms with Crippen LogP contribution in [0, 0.1) is 5.41 Å². The normalized spacial score (nSPS) is 15.4. The van der Waals surface area contributed by atoms with Gasteiger partial charge in [-0.15, -0.1) is 0 Å². The van der Waals surface area contributed by atoms with E-state index in [1.54, 1.807) is 24.3 Å². The molecule has 25 heavy (non-hydrogen) atoms. The first-order valence-electron chi connectivity index (χ1n) is 8.55. The van der Waals surface area contributed by atoms with Crippen LogP contribution in [-0.2, 0) is 9.53 Å². The molecular weight excluding hydrogens is 340 g/mol. The molecule has 0 aromatic heterocycles. The number of allylic oxidation sites excluding steroid dienone is 1. The zero-order valence-corrected chi connectivity index (χ0v) is 15.2. The van der Waals surface area contributed by atoms with Gasteiger partial charge in [0.05, 0.1) is 6.61 Å². The van der Waals surface area contributed by atoms with Gasteiger partial charge >= 0.3 is 0 Å². The molecule has 3 N–H and O–H groups in total. The van der Waals surface area contributed by atoms with E-state index >= 15 is 0 Å². The van der Waals surface area contributed by atoms with Crippen LogP contribution in [0.5, 0.6) is 0 Å². The molecule has 0 atom stereocenters. The standard InChI is InChI=1S/C18H25ClN4O2/c1-2-3-11-25-17(16(13-20)23-9-7-21-8-10-23)18(24)22-15-6-4-5-14(19)12-15/h4-6,12-13,20-21H,2-3,7-11H2,1H3,(H,22,24). The van der Waals surface area contributed by atoms with Crippen LogP contribution in [-0.4, -0.2) is 49.8 Å². The number of amides is 1. The number of halogens is 1. The first-order chi connectivity index (χ1) is 12.2. The summed E-state index contributed by atoms with van der Waals surface area (Å²) in [6, 6.07) is 6.96. The molecule has 1 aliphatic heterocycles. The summed E-state index contributed by atoms with van der Waals surface area (Å²) in [7, 11) is 0. The molecule has 1 aliphatic rings. The van der Waals surface area contributed by atoms with E-state index < -0.39 is 0 Å². The first-order valence-corrected chi connectivity index (χ1v) is 8.93. The quantitative estimate of drug-likeness (QED) is 0.287. The highest BCUT2D eigenvalue weighted by Gasteiger charge is 2.22. The Kier molecular flexibility index (Phi) is 7.76. The minimum Gasteiger partial charge on any atom is -0.486 e. The predicted octanol–water partition coefficient (Wildman–Crippen LogP) is 2.86. The number of rotatable bonds is 8. The third-order valence-corrected chi connectivity index (χ3v) is 4.10. The van der Waals surface area contributed by atoms with E-state index in [4.69, 9.17) is 21.7 Å². The van der Waals surface area contributed by atoms with Crippen molar-refractivity contribution in [3.8, 4) is 0 Å². The largest absolute Gasteiger partial charge is 0.486 e. The van der Waals surface area contributed by atoms with Crippen LogP contribution in [0.3, 0.4) is 0 Å². The third-order valence-electron chi connectivity index (χ3n) is 3.86. The molecule has 2 rings (SSSR count). The Morgan fingerprint density at radius 3 is 2.84 bits per heavy atom. The maximum Gasteiger partial charge on any atom is 0.293 e. The monoisotopic (exact) mass is 364 g/mol. The molecule has 1 fully saturated rings. The molecule has 7 heteroatoms. The Labute approximate surface area is 153 Å². The van der Waals surface area contributed by atoms with Crippen LogP contribution in [0.25, 0.3) is 0 Å². The van der Waals surface area contributed by atoms with E-state index in [1.807, 2.05) is 4.90 Å². The number of hydrogen-bond donors (Lipinski definition) is 3. The Morgan fingerprint density at radius 1 is 1.44 bits per heavy atom. The lowest BCUT2D eigenvalue weighted by Gasteiger charge is -2.31. The molecule has 1 aromatic rings. The van der Waals surface area contributed by atoms with Crippen molar-refractivity contribution in [3.05, 3.63) is 40.7 Å². The van der Waals surface area contributed by atoms with Crippen molar-refractivity contribution < 1.29 is 9.53 Å². The minimum atomic E-state index is -0.365. The first kappa shape index (κ1) is 19.3. The lowest BCUT2D eigenvalue weighted by atomic mass is 10.2. The van der Waals surface area contributed by atoms with E-state index in [2.05, 4.69) is 17.6 Å². The summed E-state index contributed by atoms with van der Waals surface area (Å²) in [6.07, 6.45) is 3.02. The third kappa shape index (κ3) is 5.76. The molecule has 0 radical (unpaired) electrons. The lowest BCUT2D eigenvalue weighted by molar-refractivity contribution is -0.116. The summed E-state index contributed by atoms with van der Waals surface area (Å²) >= 11 is 5.98. The van der Waals surface area contributed by atoms with Crippen LogP contribution in [0.2, 0.25) is 5.02 Å². The highest BCUT2D eigenvalue weighted by atomic mass is 35.5. The summed E-state index contributed by atoms with van der Waals surface area (Å²) < 4.78 is 5.77. The van der Waals surface area contributed by atoms with E-state index in [1.165, 1.54) is 6.21 Å². The van der Waals surface area contributed by atoms with Crippen molar-refractivity contribution in [2.75, 3.05) is 38.1 Å². The van der Waals surface area contributed by atoms with Gasteiger partial charge in [-0.1, -0.05) is 31.0 Å². The maximum atomic E-state index is 12.8. The minimum absolute atomic E-state index is 0.185. The summed E-state index contributed by atoms with van der Waals surface area (Å²) in [6.45, 7) is 5.60. The number of hydrogen-bond acceptors (Lipinski definition) is 5. The highest BCUT2D eigenvalue weighted by molar-refractivity contribution is 6.30. The number of nitrogens with one attached hydrogen (secondary N) is 3. The van der Waals surface area contributed by atoms with Crippen molar-refractivity contribution in [3.63, 3.8) is 0 Å². The molecule has 1 aromatic carbocycles. The van der Waals surface area contributed by atoms with Gasteiger partial charge in [0.2, 0.25) is 5.76 Å². The number of carbonyl (C=O) groups excluding carboxylic acids is 1. The summed E-state index contributed by atoms with van der Waals surface area (Å²) in [5, 5.41) is 14.4. The molecule has 1 saturated heterocycles. The van der Waals surface area contributed by atoms with Gasteiger partial charge in [-0.3, -0.25) is 4.79 Å². The van der Waals surface area contributed by atoms with Crippen molar-refractivity contribution in [2.45, 2.75) is 19.8 Å². The Bertz CT molecular complexity index is 627. The molecule has 0 bridgehead atoms. The van der Waals surface area contributed by atoms with E-state index in [0.717, 1.165) is 39.0 Å². The Balaban J connectivity index is 2.24. The summed E-state index contributed by atoms with van der Waals surface area (Å²) in [5.74, 6) is -0.180. The van der Waals surface area contributed by atoms with Gasteiger partial charge in [0.1, 0.15) is 5.70 Å². The van der Waals surface area contributed by atoms with E-state index in [0.29, 0.717) is 23.0 Å². The summed E-state index contributed by atoms with van der Waals surface area (Å²) in [5.41, 5.74) is 1.11. The fourth-order valence-corrected chi connectivity index (χ4v) is 2.72. The number of piperazine rings is 1. The molecule has 0 aliphatic carbocycles. The number of nitrogens with zero attached hydrogens (tertiary/aromatic N) is 1. The number of unbranched alkanes of at least 4 members (excludes halogenated alkanes) is 1. The predicted molar refractivity (Wildman–Crippen MR) is 101 cm³/mol. The molecule has 1 heterocycles. The number of anilines is 1. The van der Waals surface area contributed by atoms with E-state index in [9.17, 15) is 4.79 Å². The average molecular weight is 365 g/mol. The van der Waals surface area contributed by atoms with Gasteiger partial charge in [-0.05, 0) is 24.6 Å². The van der Waals surface area contributed by atoms with Gasteiger partial charge in [0.25, 0.3) is 5.91 Å².